The van der Waals surface area contributed by atoms with Crippen molar-refractivity contribution in [2.75, 3.05) is 11.9 Å². The molecule has 0 radical (unpaired) electrons. The van der Waals surface area contributed by atoms with Crippen LogP contribution in [0.4, 0.5) is 11.4 Å². The molecule has 146 valence electrons. The summed E-state index contributed by atoms with van der Waals surface area (Å²) in [7, 11) is -1.88. The second-order valence-electron chi connectivity index (χ2n) is 7.53. The number of sulfone groups is 1. The monoisotopic (exact) mass is 399 g/mol. The number of Topliss-reactive ketones (excluding diaryl/α,β-unsaturated/α-hetero) is 1. The Morgan fingerprint density at radius 3 is 2.57 bits per heavy atom. The van der Waals surface area contributed by atoms with E-state index in [1.165, 1.54) is 6.07 Å². The van der Waals surface area contributed by atoms with E-state index in [1.54, 1.807) is 48.3 Å². The van der Waals surface area contributed by atoms with E-state index in [4.69, 9.17) is 0 Å². The number of fused-ring (bicyclic) bond motifs is 2. The van der Waals surface area contributed by atoms with Gasteiger partial charge in [-0.25, -0.2) is 8.42 Å². The molecule has 2 aromatic carbocycles. The average Bonchev–Trinajstić information content (AvgIpc) is 3.09. The minimum absolute atomic E-state index is 0.0619. The molecule has 6 nitrogen and oxygen atoms in total. The van der Waals surface area contributed by atoms with Crippen molar-refractivity contribution in [3.05, 3.63) is 48.0 Å². The van der Waals surface area contributed by atoms with E-state index in [-0.39, 0.29) is 21.5 Å². The number of aliphatic carboxylic acids is 1. The van der Waals surface area contributed by atoms with Crippen LogP contribution in [0.15, 0.2) is 52.3 Å². The van der Waals surface area contributed by atoms with Crippen LogP contribution in [0.1, 0.15) is 37.2 Å². The molecule has 2 aromatic rings. The van der Waals surface area contributed by atoms with E-state index >= 15 is 0 Å². The lowest BCUT2D eigenvalue weighted by atomic mass is 9.87. The Balaban J connectivity index is 1.75. The summed E-state index contributed by atoms with van der Waals surface area (Å²) in [5, 5.41) is 9.77. The molecule has 1 saturated carbocycles. The van der Waals surface area contributed by atoms with E-state index < -0.39 is 21.7 Å². The number of carbonyl (C=O) groups excluding carboxylic acids is 1. The molecule has 2 aliphatic rings. The highest BCUT2D eigenvalue weighted by Crippen LogP contribution is 2.44. The lowest BCUT2D eigenvalue weighted by molar-refractivity contribution is -0.139. The van der Waals surface area contributed by atoms with Crippen LogP contribution in [0.5, 0.6) is 0 Å². The van der Waals surface area contributed by atoms with Crippen LogP contribution in [-0.2, 0) is 19.4 Å². The maximum Gasteiger partial charge on any atom is 0.310 e. The van der Waals surface area contributed by atoms with Crippen molar-refractivity contribution < 1.29 is 23.1 Å². The molecular formula is C21H21NO5S. The molecule has 2 atom stereocenters. The Morgan fingerprint density at radius 1 is 1.18 bits per heavy atom. The van der Waals surface area contributed by atoms with E-state index in [0.717, 1.165) is 6.42 Å². The zero-order chi connectivity index (χ0) is 20.1. The van der Waals surface area contributed by atoms with Gasteiger partial charge < -0.3 is 10.0 Å². The standard InChI is InChI=1S/C21H21NO5S/c1-22-17-4-2-3-5-19(17)28(26,27)20-9-7-14(12-18(20)22)16(21(24)25)11-13-6-8-15(23)10-13/h2-5,7,9,12-13,16H,6,8,10-11H2,1H3,(H,24,25). The summed E-state index contributed by atoms with van der Waals surface area (Å²) < 4.78 is 26.0. The Kier molecular flexibility index (Phi) is 4.50. The van der Waals surface area contributed by atoms with Gasteiger partial charge in [0.25, 0.3) is 0 Å². The zero-order valence-electron chi connectivity index (χ0n) is 15.5. The van der Waals surface area contributed by atoms with Gasteiger partial charge in [-0.3, -0.25) is 9.59 Å². The highest BCUT2D eigenvalue weighted by atomic mass is 32.2. The van der Waals surface area contributed by atoms with Crippen LogP contribution in [-0.4, -0.2) is 32.3 Å². The zero-order valence-corrected chi connectivity index (χ0v) is 16.3. The Bertz CT molecular complexity index is 1080. The predicted octanol–water partition coefficient (Wildman–Crippen LogP) is 3.53. The molecule has 1 aliphatic heterocycles. The molecule has 1 fully saturated rings. The van der Waals surface area contributed by atoms with Gasteiger partial charge in [0, 0.05) is 19.9 Å². The van der Waals surface area contributed by atoms with Crippen LogP contribution < -0.4 is 4.90 Å². The van der Waals surface area contributed by atoms with Gasteiger partial charge in [0.1, 0.15) is 5.78 Å². The number of hydrogen-bond donors (Lipinski definition) is 1. The quantitative estimate of drug-likeness (QED) is 0.846. The average molecular weight is 399 g/mol. The van der Waals surface area contributed by atoms with Crippen molar-refractivity contribution in [2.24, 2.45) is 5.92 Å². The summed E-state index contributed by atoms with van der Waals surface area (Å²) in [4.78, 5) is 25.7. The molecule has 0 bridgehead atoms. The number of carboxylic acid groups (broad SMARTS) is 1. The Labute approximate surface area is 163 Å². The second kappa shape index (κ2) is 6.74. The van der Waals surface area contributed by atoms with Crippen LogP contribution in [0, 0.1) is 5.92 Å². The Morgan fingerprint density at radius 2 is 1.89 bits per heavy atom. The lowest BCUT2D eigenvalue weighted by Gasteiger charge is -2.30. The first-order valence-corrected chi connectivity index (χ1v) is 10.7. The predicted molar refractivity (Wildman–Crippen MR) is 104 cm³/mol. The minimum atomic E-state index is -3.66. The highest BCUT2D eigenvalue weighted by molar-refractivity contribution is 7.92. The first-order chi connectivity index (χ1) is 13.3. The van der Waals surface area contributed by atoms with E-state index in [1.807, 2.05) is 0 Å². The molecule has 1 N–H and O–H groups in total. The van der Waals surface area contributed by atoms with Crippen molar-refractivity contribution >= 4 is 33.0 Å². The molecule has 7 heteroatoms. The molecule has 0 saturated heterocycles. The van der Waals surface area contributed by atoms with Crippen LogP contribution in [0.3, 0.4) is 0 Å². The minimum Gasteiger partial charge on any atom is -0.481 e. The second-order valence-corrected chi connectivity index (χ2v) is 9.42. The topological polar surface area (TPSA) is 91.8 Å². The van der Waals surface area contributed by atoms with Gasteiger partial charge in [0.15, 0.2) is 0 Å². The number of ketones is 1. The first-order valence-electron chi connectivity index (χ1n) is 9.25. The van der Waals surface area contributed by atoms with Gasteiger partial charge in [0.2, 0.25) is 9.84 Å². The van der Waals surface area contributed by atoms with E-state index in [0.29, 0.717) is 36.2 Å². The fourth-order valence-electron chi connectivity index (χ4n) is 4.26. The SMILES string of the molecule is CN1c2ccccc2S(=O)(=O)c2ccc(C(CC3CCC(=O)C3)C(=O)O)cc21. The van der Waals surface area contributed by atoms with Crippen molar-refractivity contribution in [1.29, 1.82) is 0 Å². The molecular weight excluding hydrogens is 378 g/mol. The molecule has 28 heavy (non-hydrogen) atoms. The van der Waals surface area contributed by atoms with Gasteiger partial charge in [-0.1, -0.05) is 18.2 Å². The molecule has 1 heterocycles. The van der Waals surface area contributed by atoms with Crippen LogP contribution >= 0.6 is 0 Å². The third kappa shape index (κ3) is 2.99. The smallest absolute Gasteiger partial charge is 0.310 e. The molecule has 1 aliphatic carbocycles. The molecule has 0 spiro atoms. The highest BCUT2D eigenvalue weighted by Gasteiger charge is 2.34. The lowest BCUT2D eigenvalue weighted by Crippen LogP contribution is -2.23. The van der Waals surface area contributed by atoms with Crippen LogP contribution in [0.2, 0.25) is 0 Å². The number of para-hydroxylation sites is 1. The van der Waals surface area contributed by atoms with Gasteiger partial charge >= 0.3 is 5.97 Å². The van der Waals surface area contributed by atoms with Crippen LogP contribution in [0.25, 0.3) is 0 Å². The van der Waals surface area contributed by atoms with Crippen molar-refractivity contribution in [2.45, 2.75) is 41.4 Å². The van der Waals surface area contributed by atoms with Crippen molar-refractivity contribution in [3.8, 4) is 0 Å². The molecule has 2 unspecified atom stereocenters. The molecule has 4 rings (SSSR count). The van der Waals surface area contributed by atoms with Gasteiger partial charge in [-0.05, 0) is 48.6 Å². The summed E-state index contributed by atoms with van der Waals surface area (Å²) in [6, 6.07) is 11.5. The maximum atomic E-state index is 13.0. The number of hydrogen-bond acceptors (Lipinski definition) is 5. The summed E-state index contributed by atoms with van der Waals surface area (Å²) in [5.74, 6) is -1.48. The summed E-state index contributed by atoms with van der Waals surface area (Å²) in [5.41, 5.74) is 1.61. The largest absolute Gasteiger partial charge is 0.481 e. The number of carboxylic acids is 1. The fourth-order valence-corrected chi connectivity index (χ4v) is 5.95. The number of nitrogens with zero attached hydrogens (tertiary/aromatic N) is 1. The Hall–Kier alpha value is -2.67. The van der Waals surface area contributed by atoms with Gasteiger partial charge in [-0.2, -0.15) is 0 Å². The molecule has 0 amide bonds. The van der Waals surface area contributed by atoms with Gasteiger partial charge in [-0.15, -0.1) is 0 Å². The van der Waals surface area contributed by atoms with Gasteiger partial charge in [0.05, 0.1) is 27.1 Å². The first kappa shape index (κ1) is 18.7. The van der Waals surface area contributed by atoms with E-state index in [2.05, 4.69) is 0 Å². The number of benzene rings is 2. The number of carbonyl (C=O) groups is 2. The molecule has 0 aromatic heterocycles. The van der Waals surface area contributed by atoms with E-state index in [9.17, 15) is 23.1 Å². The normalized spacial score (nSPS) is 21.1. The third-order valence-corrected chi connectivity index (χ3v) is 7.62. The third-order valence-electron chi connectivity index (χ3n) is 5.77. The van der Waals surface area contributed by atoms with Crippen molar-refractivity contribution in [3.63, 3.8) is 0 Å². The number of anilines is 2. The fraction of sp³-hybridized carbons (Fsp3) is 0.333. The van der Waals surface area contributed by atoms with Crippen molar-refractivity contribution in [1.82, 2.24) is 0 Å². The summed E-state index contributed by atoms with van der Waals surface area (Å²) in [6.45, 7) is 0. The summed E-state index contributed by atoms with van der Waals surface area (Å²) >= 11 is 0. The maximum absolute atomic E-state index is 13.0. The summed E-state index contributed by atoms with van der Waals surface area (Å²) in [6.07, 6.45) is 2.04. The number of rotatable bonds is 4.